The number of anilines is 2. The third-order valence-corrected chi connectivity index (χ3v) is 6.28. The van der Waals surface area contributed by atoms with Crippen LogP contribution in [0.15, 0.2) is 65.6 Å². The molecule has 1 unspecified atom stereocenters. The lowest BCUT2D eigenvalue weighted by molar-refractivity contribution is -0.115. The number of carbonyl (C=O) groups is 2. The molecule has 0 saturated carbocycles. The monoisotopic (exact) mass is 492 g/mol. The molecule has 0 aliphatic heterocycles. The second kappa shape index (κ2) is 10.4. The van der Waals surface area contributed by atoms with Gasteiger partial charge in [-0.1, -0.05) is 46.9 Å². The Morgan fingerprint density at radius 1 is 0.903 bits per heavy atom. The van der Waals surface area contributed by atoms with Crippen LogP contribution in [0.5, 0.6) is 0 Å². The van der Waals surface area contributed by atoms with Crippen molar-refractivity contribution in [3.05, 3.63) is 86.9 Å². The van der Waals surface area contributed by atoms with Gasteiger partial charge in [-0.05, 0) is 67.9 Å². The highest BCUT2D eigenvalue weighted by atomic mass is 35.5. The van der Waals surface area contributed by atoms with Gasteiger partial charge in [-0.25, -0.2) is 0 Å². The molecule has 31 heavy (non-hydrogen) atoms. The normalized spacial score (nSPS) is 11.6. The number of hydrogen-bond acceptors (Lipinski definition) is 3. The van der Waals surface area contributed by atoms with Crippen LogP contribution in [-0.4, -0.2) is 17.1 Å². The Morgan fingerprint density at radius 2 is 1.61 bits per heavy atom. The fourth-order valence-electron chi connectivity index (χ4n) is 2.74. The molecule has 4 nitrogen and oxygen atoms in total. The zero-order valence-electron chi connectivity index (χ0n) is 16.7. The van der Waals surface area contributed by atoms with Gasteiger partial charge in [0.25, 0.3) is 5.91 Å². The summed E-state index contributed by atoms with van der Waals surface area (Å²) in [6, 6.07) is 17.3. The number of hydrogen-bond donors (Lipinski definition) is 2. The standard InChI is InChI=1S/C23H19Cl3N2O2S/c1-13-6-7-16(25)11-21(13)28-22(29)14(2)31-18-5-3-4-17(12-18)27-23(30)19-9-8-15(24)10-20(19)26/h3-12,14H,1-2H3,(H,27,30)(H,28,29). The van der Waals surface area contributed by atoms with Crippen molar-refractivity contribution in [2.24, 2.45) is 0 Å². The van der Waals surface area contributed by atoms with Gasteiger partial charge in [-0.2, -0.15) is 0 Å². The molecule has 0 bridgehead atoms. The van der Waals surface area contributed by atoms with Crippen molar-refractivity contribution in [1.82, 2.24) is 0 Å². The fourth-order valence-corrected chi connectivity index (χ4v) is 4.33. The summed E-state index contributed by atoms with van der Waals surface area (Å²) in [5.74, 6) is -0.483. The molecule has 1 atom stereocenters. The Hall–Kier alpha value is -2.18. The van der Waals surface area contributed by atoms with Crippen molar-refractivity contribution < 1.29 is 9.59 Å². The van der Waals surface area contributed by atoms with Crippen LogP contribution in [0, 0.1) is 6.92 Å². The van der Waals surface area contributed by atoms with Gasteiger partial charge in [0.2, 0.25) is 5.91 Å². The van der Waals surface area contributed by atoms with E-state index in [1.807, 2.05) is 32.0 Å². The van der Waals surface area contributed by atoms with Crippen molar-refractivity contribution >= 4 is 69.8 Å². The van der Waals surface area contributed by atoms with Gasteiger partial charge in [0.15, 0.2) is 0 Å². The summed E-state index contributed by atoms with van der Waals surface area (Å²) in [6.45, 7) is 3.72. The molecule has 160 valence electrons. The highest BCUT2D eigenvalue weighted by molar-refractivity contribution is 8.00. The van der Waals surface area contributed by atoms with Gasteiger partial charge in [-0.15, -0.1) is 11.8 Å². The smallest absolute Gasteiger partial charge is 0.257 e. The Bertz CT molecular complexity index is 1140. The van der Waals surface area contributed by atoms with Crippen LogP contribution in [0.2, 0.25) is 15.1 Å². The van der Waals surface area contributed by atoms with Gasteiger partial charge < -0.3 is 10.6 Å². The highest BCUT2D eigenvalue weighted by Gasteiger charge is 2.17. The van der Waals surface area contributed by atoms with E-state index in [-0.39, 0.29) is 22.1 Å². The van der Waals surface area contributed by atoms with Gasteiger partial charge >= 0.3 is 0 Å². The van der Waals surface area contributed by atoms with Crippen molar-refractivity contribution in [3.8, 4) is 0 Å². The summed E-state index contributed by atoms with van der Waals surface area (Å²) >= 11 is 19.4. The molecule has 3 aromatic carbocycles. The van der Waals surface area contributed by atoms with Crippen LogP contribution in [0.4, 0.5) is 11.4 Å². The number of halogens is 3. The predicted molar refractivity (Wildman–Crippen MR) is 131 cm³/mol. The molecule has 0 heterocycles. The quantitative estimate of drug-likeness (QED) is 0.353. The first-order valence-electron chi connectivity index (χ1n) is 9.33. The molecule has 0 aliphatic carbocycles. The average Bonchev–Trinajstić information content (AvgIpc) is 2.70. The van der Waals surface area contributed by atoms with Crippen LogP contribution >= 0.6 is 46.6 Å². The average molecular weight is 494 g/mol. The first-order valence-corrected chi connectivity index (χ1v) is 11.3. The number of thioether (sulfide) groups is 1. The summed E-state index contributed by atoms with van der Waals surface area (Å²) in [7, 11) is 0. The molecule has 0 aromatic heterocycles. The minimum Gasteiger partial charge on any atom is -0.325 e. The third kappa shape index (κ3) is 6.40. The van der Waals surface area contributed by atoms with Crippen molar-refractivity contribution in [3.63, 3.8) is 0 Å². The number of nitrogens with one attached hydrogen (secondary N) is 2. The molecule has 3 rings (SSSR count). The zero-order chi connectivity index (χ0) is 22.5. The maximum atomic E-state index is 12.6. The van der Waals surface area contributed by atoms with E-state index in [9.17, 15) is 9.59 Å². The summed E-state index contributed by atoms with van der Waals surface area (Å²) in [6.07, 6.45) is 0. The largest absolute Gasteiger partial charge is 0.325 e. The lowest BCUT2D eigenvalue weighted by Gasteiger charge is -2.14. The topological polar surface area (TPSA) is 58.2 Å². The number of rotatable bonds is 6. The molecule has 2 amide bonds. The van der Waals surface area contributed by atoms with Crippen molar-refractivity contribution in [2.75, 3.05) is 10.6 Å². The minimum absolute atomic E-state index is 0.141. The van der Waals surface area contributed by atoms with E-state index in [4.69, 9.17) is 34.8 Å². The van der Waals surface area contributed by atoms with E-state index in [1.54, 1.807) is 36.4 Å². The third-order valence-electron chi connectivity index (χ3n) is 4.41. The number of aryl methyl sites for hydroxylation is 1. The fraction of sp³-hybridized carbons (Fsp3) is 0.130. The molecule has 0 fully saturated rings. The van der Waals surface area contributed by atoms with Gasteiger partial charge in [0.1, 0.15) is 0 Å². The minimum atomic E-state index is -0.366. The molecule has 8 heteroatoms. The second-order valence-corrected chi connectivity index (χ2v) is 9.51. The van der Waals surface area contributed by atoms with Crippen molar-refractivity contribution in [1.29, 1.82) is 0 Å². The summed E-state index contributed by atoms with van der Waals surface area (Å²) in [5, 5.41) is 6.66. The van der Waals surface area contributed by atoms with E-state index >= 15 is 0 Å². The Morgan fingerprint density at radius 3 is 2.35 bits per heavy atom. The van der Waals surface area contributed by atoms with E-state index in [1.165, 1.54) is 17.8 Å². The summed E-state index contributed by atoms with van der Waals surface area (Å²) < 4.78 is 0. The van der Waals surface area contributed by atoms with Crippen LogP contribution in [-0.2, 0) is 4.79 Å². The number of benzene rings is 3. The summed E-state index contributed by atoms with van der Waals surface area (Å²) in [5.41, 5.74) is 2.54. The molecular weight excluding hydrogens is 475 g/mol. The molecule has 0 spiro atoms. The lowest BCUT2D eigenvalue weighted by atomic mass is 10.2. The van der Waals surface area contributed by atoms with Crippen LogP contribution in [0.25, 0.3) is 0 Å². The predicted octanol–water partition coefficient (Wildman–Crippen LogP) is 7.33. The van der Waals surface area contributed by atoms with Gasteiger partial charge in [-0.3, -0.25) is 9.59 Å². The summed E-state index contributed by atoms with van der Waals surface area (Å²) in [4.78, 5) is 26.0. The Balaban J connectivity index is 1.66. The van der Waals surface area contributed by atoms with Gasteiger partial charge in [0.05, 0.1) is 15.8 Å². The molecule has 0 radical (unpaired) electrons. The highest BCUT2D eigenvalue weighted by Crippen LogP contribution is 2.28. The molecule has 3 aromatic rings. The Kier molecular flexibility index (Phi) is 7.89. The van der Waals surface area contributed by atoms with Crippen LogP contribution in [0.3, 0.4) is 0 Å². The SMILES string of the molecule is Cc1ccc(Cl)cc1NC(=O)C(C)Sc1cccc(NC(=O)c2ccc(Cl)cc2Cl)c1. The molecule has 2 N–H and O–H groups in total. The van der Waals surface area contributed by atoms with Gasteiger partial charge in [0, 0.05) is 26.3 Å². The van der Waals surface area contributed by atoms with E-state index in [2.05, 4.69) is 10.6 Å². The van der Waals surface area contributed by atoms with Crippen LogP contribution < -0.4 is 10.6 Å². The van der Waals surface area contributed by atoms with Crippen LogP contribution in [0.1, 0.15) is 22.8 Å². The number of amides is 2. The molecule has 0 saturated heterocycles. The molecular formula is C23H19Cl3N2O2S. The zero-order valence-corrected chi connectivity index (χ0v) is 19.8. The maximum absolute atomic E-state index is 12.6. The van der Waals surface area contributed by atoms with E-state index < -0.39 is 0 Å². The maximum Gasteiger partial charge on any atom is 0.257 e. The number of carbonyl (C=O) groups excluding carboxylic acids is 2. The van der Waals surface area contributed by atoms with E-state index in [0.29, 0.717) is 27.0 Å². The van der Waals surface area contributed by atoms with Crippen molar-refractivity contribution in [2.45, 2.75) is 24.0 Å². The molecule has 0 aliphatic rings. The lowest BCUT2D eigenvalue weighted by Crippen LogP contribution is -2.22. The second-order valence-electron chi connectivity index (χ2n) is 6.81. The first-order chi connectivity index (χ1) is 14.7. The van der Waals surface area contributed by atoms with E-state index in [0.717, 1.165) is 10.5 Å². The first kappa shape index (κ1) is 23.5. The Labute approximate surface area is 200 Å².